The lowest BCUT2D eigenvalue weighted by molar-refractivity contribution is -0.145. The topological polar surface area (TPSA) is 108 Å². The molecule has 1 aliphatic carbocycles. The van der Waals surface area contributed by atoms with Crippen molar-refractivity contribution in [2.75, 3.05) is 67.1 Å². The van der Waals surface area contributed by atoms with E-state index in [1.54, 1.807) is 62.8 Å². The van der Waals surface area contributed by atoms with Gasteiger partial charge in [0.15, 0.2) is 0 Å². The highest BCUT2D eigenvalue weighted by molar-refractivity contribution is 5.77. The molecule has 0 spiro atoms. The van der Waals surface area contributed by atoms with Crippen LogP contribution in [0.3, 0.4) is 0 Å². The van der Waals surface area contributed by atoms with Gasteiger partial charge in [-0.3, -0.25) is 9.59 Å². The first kappa shape index (κ1) is 31.3. The maximum absolute atomic E-state index is 12.7. The molecule has 2 aromatic rings. The minimum Gasteiger partial charge on any atom is -0.491 e. The Morgan fingerprint density at radius 2 is 0.850 bits per heavy atom. The molecular weight excluding hydrogens is 520 g/mol. The van der Waals surface area contributed by atoms with Gasteiger partial charge < -0.3 is 37.9 Å². The Bertz CT molecular complexity index is 985. The van der Waals surface area contributed by atoms with Crippen LogP contribution < -0.4 is 18.9 Å². The van der Waals surface area contributed by atoms with Crippen LogP contribution in [0.2, 0.25) is 0 Å². The zero-order valence-corrected chi connectivity index (χ0v) is 23.3. The molecule has 0 amide bonds. The summed E-state index contributed by atoms with van der Waals surface area (Å²) in [5.74, 6) is 1.20. The number of esters is 2. The van der Waals surface area contributed by atoms with Crippen LogP contribution in [0.5, 0.6) is 23.0 Å². The summed E-state index contributed by atoms with van der Waals surface area (Å²) in [5.41, 5.74) is 0. The van der Waals surface area contributed by atoms with Gasteiger partial charge in [-0.25, -0.2) is 0 Å². The molecule has 1 aliphatic rings. The summed E-state index contributed by atoms with van der Waals surface area (Å²) in [6.45, 7) is 3.90. The zero-order chi connectivity index (χ0) is 28.4. The molecule has 0 N–H and O–H groups in total. The molecule has 2 aromatic carbocycles. The number of carbonyl (C=O) groups excluding carboxylic acids is 2. The molecule has 0 saturated heterocycles. The van der Waals surface area contributed by atoms with E-state index in [1.807, 2.05) is 0 Å². The second-order valence-corrected chi connectivity index (χ2v) is 9.24. The van der Waals surface area contributed by atoms with Crippen molar-refractivity contribution < 1.29 is 47.5 Å². The van der Waals surface area contributed by atoms with Crippen LogP contribution in [0.1, 0.15) is 25.7 Å². The average molecular weight is 561 g/mol. The fraction of sp³-hybridized carbons (Fsp3) is 0.533. The normalized spacial score (nSPS) is 16.8. The molecule has 0 heterocycles. The Morgan fingerprint density at radius 3 is 1.27 bits per heavy atom. The van der Waals surface area contributed by atoms with Crippen molar-refractivity contribution in [2.24, 2.45) is 11.8 Å². The van der Waals surface area contributed by atoms with Crippen LogP contribution in [0, 0.1) is 11.8 Å². The van der Waals surface area contributed by atoms with Crippen molar-refractivity contribution in [3.05, 3.63) is 48.5 Å². The van der Waals surface area contributed by atoms with Gasteiger partial charge in [0, 0.05) is 14.2 Å². The van der Waals surface area contributed by atoms with E-state index in [2.05, 4.69) is 0 Å². The van der Waals surface area contributed by atoms with E-state index in [0.717, 1.165) is 0 Å². The number of hydrogen-bond donors (Lipinski definition) is 0. The van der Waals surface area contributed by atoms with E-state index < -0.39 is 0 Å². The van der Waals surface area contributed by atoms with Gasteiger partial charge in [-0.15, -0.1) is 0 Å². The van der Waals surface area contributed by atoms with Gasteiger partial charge in [0.2, 0.25) is 0 Å². The van der Waals surface area contributed by atoms with Crippen molar-refractivity contribution >= 4 is 11.9 Å². The summed E-state index contributed by atoms with van der Waals surface area (Å²) in [6.07, 6.45) is 2.29. The highest BCUT2D eigenvalue weighted by Crippen LogP contribution is 2.32. The maximum atomic E-state index is 12.7. The monoisotopic (exact) mass is 560 g/mol. The Balaban J connectivity index is 1.30. The smallest absolute Gasteiger partial charge is 0.314 e. The third-order valence-electron chi connectivity index (χ3n) is 6.33. The first-order valence-corrected chi connectivity index (χ1v) is 13.6. The van der Waals surface area contributed by atoms with Crippen molar-refractivity contribution in [3.63, 3.8) is 0 Å². The number of hydrogen-bond acceptors (Lipinski definition) is 10. The molecule has 10 heteroatoms. The molecule has 1 fully saturated rings. The Labute approximate surface area is 235 Å². The fourth-order valence-electron chi connectivity index (χ4n) is 4.10. The predicted octanol–water partition coefficient (Wildman–Crippen LogP) is 4.09. The summed E-state index contributed by atoms with van der Waals surface area (Å²) in [7, 11) is 3.24. The Hall–Kier alpha value is -3.18. The molecule has 0 aromatic heterocycles. The highest BCUT2D eigenvalue weighted by atomic mass is 16.6. The highest BCUT2D eigenvalue weighted by Gasteiger charge is 2.32. The average Bonchev–Trinajstić information content (AvgIpc) is 2.98. The third kappa shape index (κ3) is 11.5. The van der Waals surface area contributed by atoms with E-state index in [9.17, 15) is 9.59 Å². The second kappa shape index (κ2) is 18.2. The van der Waals surface area contributed by atoms with Crippen LogP contribution >= 0.6 is 0 Å². The molecule has 0 atom stereocenters. The third-order valence-corrected chi connectivity index (χ3v) is 6.33. The van der Waals surface area contributed by atoms with E-state index in [0.29, 0.717) is 102 Å². The zero-order valence-electron chi connectivity index (χ0n) is 23.3. The summed E-state index contributed by atoms with van der Waals surface area (Å²) in [5, 5.41) is 0. The van der Waals surface area contributed by atoms with Gasteiger partial charge in [0.25, 0.3) is 0 Å². The molecule has 0 radical (unpaired) electrons. The predicted molar refractivity (Wildman–Crippen MR) is 146 cm³/mol. The van der Waals surface area contributed by atoms with Crippen LogP contribution in [0.15, 0.2) is 48.5 Å². The Morgan fingerprint density at radius 1 is 0.525 bits per heavy atom. The van der Waals surface area contributed by atoms with E-state index in [-0.39, 0.29) is 23.8 Å². The van der Waals surface area contributed by atoms with Gasteiger partial charge in [0.1, 0.15) is 36.2 Å². The van der Waals surface area contributed by atoms with Crippen LogP contribution in [-0.2, 0) is 28.5 Å². The van der Waals surface area contributed by atoms with E-state index in [1.165, 1.54) is 0 Å². The summed E-state index contributed by atoms with van der Waals surface area (Å²) in [6, 6.07) is 13.8. The number of ether oxygens (including phenoxy) is 8. The van der Waals surface area contributed by atoms with Gasteiger partial charge in [-0.05, 0) is 74.2 Å². The number of benzene rings is 2. The second-order valence-electron chi connectivity index (χ2n) is 9.24. The number of rotatable bonds is 18. The van der Waals surface area contributed by atoms with Crippen LogP contribution in [0.4, 0.5) is 0 Å². The molecule has 0 bridgehead atoms. The van der Waals surface area contributed by atoms with Gasteiger partial charge >= 0.3 is 11.9 Å². The minimum absolute atomic E-state index is 0.245. The van der Waals surface area contributed by atoms with Crippen molar-refractivity contribution in [3.8, 4) is 23.0 Å². The van der Waals surface area contributed by atoms with Crippen LogP contribution in [-0.4, -0.2) is 79.0 Å². The SMILES string of the molecule is COCCOCCOCCOc1ccc(OC(=O)C2CCC(C(=O)Oc3ccc(OCCOC)cc3)CC2)cc1. The molecule has 40 heavy (non-hydrogen) atoms. The molecule has 0 unspecified atom stereocenters. The standard InChI is InChI=1S/C30H40O10/c1-33-15-17-35-18-19-36-20-22-38-26-9-13-28(14-10-26)40-30(32)24-5-3-23(4-6-24)29(31)39-27-11-7-25(8-12-27)37-21-16-34-2/h7-14,23-24H,3-6,15-22H2,1-2H3. The Kier molecular flexibility index (Phi) is 14.3. The summed E-state index contributed by atoms with van der Waals surface area (Å²) < 4.78 is 42.9. The van der Waals surface area contributed by atoms with Gasteiger partial charge in [0.05, 0.1) is 51.5 Å². The molecule has 220 valence electrons. The number of methoxy groups -OCH3 is 2. The summed E-state index contributed by atoms with van der Waals surface area (Å²) >= 11 is 0. The van der Waals surface area contributed by atoms with Gasteiger partial charge in [-0.2, -0.15) is 0 Å². The van der Waals surface area contributed by atoms with E-state index in [4.69, 9.17) is 37.9 Å². The minimum atomic E-state index is -0.286. The molecular formula is C30H40O10. The van der Waals surface area contributed by atoms with Crippen molar-refractivity contribution in [2.45, 2.75) is 25.7 Å². The maximum Gasteiger partial charge on any atom is 0.314 e. The lowest BCUT2D eigenvalue weighted by Gasteiger charge is -2.25. The fourth-order valence-corrected chi connectivity index (χ4v) is 4.10. The first-order chi connectivity index (χ1) is 19.6. The van der Waals surface area contributed by atoms with Crippen molar-refractivity contribution in [1.29, 1.82) is 0 Å². The first-order valence-electron chi connectivity index (χ1n) is 13.6. The van der Waals surface area contributed by atoms with Crippen molar-refractivity contribution in [1.82, 2.24) is 0 Å². The van der Waals surface area contributed by atoms with Crippen LogP contribution in [0.25, 0.3) is 0 Å². The lowest BCUT2D eigenvalue weighted by Crippen LogP contribution is -2.30. The van der Waals surface area contributed by atoms with Gasteiger partial charge in [-0.1, -0.05) is 0 Å². The molecule has 1 saturated carbocycles. The van der Waals surface area contributed by atoms with E-state index >= 15 is 0 Å². The quantitative estimate of drug-likeness (QED) is 0.150. The molecule has 0 aliphatic heterocycles. The largest absolute Gasteiger partial charge is 0.491 e. The number of carbonyl (C=O) groups is 2. The molecule has 3 rings (SSSR count). The lowest BCUT2D eigenvalue weighted by atomic mass is 9.82. The summed E-state index contributed by atoms with van der Waals surface area (Å²) in [4.78, 5) is 25.3. The molecule has 10 nitrogen and oxygen atoms in total.